The second-order valence-electron chi connectivity index (χ2n) is 5.90. The first-order valence-corrected chi connectivity index (χ1v) is 8.97. The highest BCUT2D eigenvalue weighted by Crippen LogP contribution is 2.26. The van der Waals surface area contributed by atoms with Gasteiger partial charge >= 0.3 is 0 Å². The summed E-state index contributed by atoms with van der Waals surface area (Å²) >= 11 is 0. The van der Waals surface area contributed by atoms with E-state index in [4.69, 9.17) is 5.73 Å². The Bertz CT molecular complexity index is 489. The summed E-state index contributed by atoms with van der Waals surface area (Å²) in [5.74, 6) is -0.283. The van der Waals surface area contributed by atoms with E-state index >= 15 is 0 Å². The van der Waals surface area contributed by atoms with Gasteiger partial charge in [-0.05, 0) is 31.6 Å². The smallest absolute Gasteiger partial charge is 0.226 e. The zero-order chi connectivity index (χ0) is 14.8. The molecule has 2 atom stereocenters. The molecule has 2 saturated heterocycles. The lowest BCUT2D eigenvalue weighted by Crippen LogP contribution is -2.43. The van der Waals surface area contributed by atoms with Crippen LogP contribution in [-0.2, 0) is 19.4 Å². The van der Waals surface area contributed by atoms with Gasteiger partial charge in [0.05, 0.1) is 17.4 Å². The number of piperidine rings is 1. The minimum absolute atomic E-state index is 0.00567. The molecule has 114 valence electrons. The van der Waals surface area contributed by atoms with Crippen LogP contribution in [0.1, 0.15) is 32.1 Å². The van der Waals surface area contributed by atoms with Crippen LogP contribution in [0.5, 0.6) is 0 Å². The van der Waals surface area contributed by atoms with Crippen LogP contribution in [0.3, 0.4) is 0 Å². The quantitative estimate of drug-likeness (QED) is 0.785. The number of carbonyl (C=O) groups is 2. The zero-order valence-electron chi connectivity index (χ0n) is 11.6. The molecular formula is C13H22N2O4S. The third-order valence-electron chi connectivity index (χ3n) is 4.21. The van der Waals surface area contributed by atoms with Gasteiger partial charge in [0.2, 0.25) is 11.8 Å². The Morgan fingerprint density at radius 3 is 2.60 bits per heavy atom. The molecule has 2 aliphatic heterocycles. The molecule has 0 bridgehead atoms. The summed E-state index contributed by atoms with van der Waals surface area (Å²) in [7, 11) is -3.02. The van der Waals surface area contributed by atoms with Crippen molar-refractivity contribution in [1.29, 1.82) is 0 Å². The number of hydrogen-bond acceptors (Lipinski definition) is 4. The van der Waals surface area contributed by atoms with Crippen molar-refractivity contribution in [3.8, 4) is 0 Å². The van der Waals surface area contributed by atoms with Crippen LogP contribution >= 0.6 is 0 Å². The van der Waals surface area contributed by atoms with Gasteiger partial charge in [-0.2, -0.15) is 0 Å². The largest absolute Gasteiger partial charge is 0.370 e. The average Bonchev–Trinajstić information content (AvgIpc) is 2.76. The standard InChI is InChI=1S/C13H22N2O4S/c14-12(16)4-3-10-2-1-6-15(8-10)13(17)11-5-7-20(18,19)9-11/h10-11H,1-9H2,(H2,14,16)/t10-,11+/m0/s1. The molecule has 0 spiro atoms. The Balaban J connectivity index is 1.88. The Morgan fingerprint density at radius 1 is 1.25 bits per heavy atom. The number of nitrogens with two attached hydrogens (primary N) is 1. The van der Waals surface area contributed by atoms with E-state index < -0.39 is 9.84 Å². The molecule has 0 unspecified atom stereocenters. The van der Waals surface area contributed by atoms with Gasteiger partial charge in [-0.15, -0.1) is 0 Å². The molecule has 2 heterocycles. The van der Waals surface area contributed by atoms with Gasteiger partial charge in [0.15, 0.2) is 9.84 Å². The first-order valence-electron chi connectivity index (χ1n) is 7.15. The van der Waals surface area contributed by atoms with Crippen LogP contribution in [0.25, 0.3) is 0 Å². The van der Waals surface area contributed by atoms with Crippen molar-refractivity contribution in [2.24, 2.45) is 17.6 Å². The monoisotopic (exact) mass is 302 g/mol. The van der Waals surface area contributed by atoms with Crippen molar-refractivity contribution in [2.45, 2.75) is 32.1 Å². The van der Waals surface area contributed by atoms with E-state index in [0.717, 1.165) is 12.8 Å². The summed E-state index contributed by atoms with van der Waals surface area (Å²) in [5, 5.41) is 0. The van der Waals surface area contributed by atoms with Crippen molar-refractivity contribution in [1.82, 2.24) is 4.90 Å². The predicted octanol–water partition coefficient (Wildman–Crippen LogP) is -0.0748. The Labute approximate surface area is 119 Å². The van der Waals surface area contributed by atoms with Gasteiger partial charge in [-0.3, -0.25) is 9.59 Å². The highest BCUT2D eigenvalue weighted by atomic mass is 32.2. The summed E-state index contributed by atoms with van der Waals surface area (Å²) < 4.78 is 22.9. The maximum atomic E-state index is 12.3. The van der Waals surface area contributed by atoms with Crippen LogP contribution < -0.4 is 5.73 Å². The van der Waals surface area contributed by atoms with Crippen LogP contribution in [0.15, 0.2) is 0 Å². The third kappa shape index (κ3) is 3.94. The van der Waals surface area contributed by atoms with Crippen molar-refractivity contribution in [3.05, 3.63) is 0 Å². The Hall–Kier alpha value is -1.11. The fraction of sp³-hybridized carbons (Fsp3) is 0.846. The molecule has 0 aromatic rings. The van der Waals surface area contributed by atoms with Crippen LogP contribution in [0, 0.1) is 11.8 Å². The molecule has 0 radical (unpaired) electrons. The molecule has 6 nitrogen and oxygen atoms in total. The van der Waals surface area contributed by atoms with Gasteiger partial charge < -0.3 is 10.6 Å². The topological polar surface area (TPSA) is 97.5 Å². The first kappa shape index (κ1) is 15.3. The van der Waals surface area contributed by atoms with E-state index in [9.17, 15) is 18.0 Å². The predicted molar refractivity (Wildman–Crippen MR) is 74.5 cm³/mol. The Morgan fingerprint density at radius 2 is 2.00 bits per heavy atom. The van der Waals surface area contributed by atoms with E-state index in [1.807, 2.05) is 0 Å². The minimum atomic E-state index is -3.02. The number of hydrogen-bond donors (Lipinski definition) is 1. The lowest BCUT2D eigenvalue weighted by molar-refractivity contribution is -0.136. The third-order valence-corrected chi connectivity index (χ3v) is 5.98. The number of carbonyl (C=O) groups excluding carboxylic acids is 2. The SMILES string of the molecule is NC(=O)CC[C@@H]1CCCN(C(=O)[C@@H]2CCS(=O)(=O)C2)C1. The molecule has 0 saturated carbocycles. The first-order chi connectivity index (χ1) is 9.37. The van der Waals surface area contributed by atoms with Crippen LogP contribution in [-0.4, -0.2) is 49.7 Å². The second kappa shape index (κ2) is 6.11. The van der Waals surface area contributed by atoms with Crippen molar-refractivity contribution in [2.75, 3.05) is 24.6 Å². The van der Waals surface area contributed by atoms with Crippen LogP contribution in [0.2, 0.25) is 0 Å². The van der Waals surface area contributed by atoms with E-state index in [1.165, 1.54) is 0 Å². The molecular weight excluding hydrogens is 280 g/mol. The highest BCUT2D eigenvalue weighted by Gasteiger charge is 2.36. The summed E-state index contributed by atoms with van der Waals surface area (Å²) in [5.41, 5.74) is 5.15. The summed E-state index contributed by atoms with van der Waals surface area (Å²) in [6, 6.07) is 0. The molecule has 2 N–H and O–H groups in total. The molecule has 7 heteroatoms. The van der Waals surface area contributed by atoms with E-state index in [-0.39, 0.29) is 29.2 Å². The number of likely N-dealkylation sites (tertiary alicyclic amines) is 1. The van der Waals surface area contributed by atoms with Gasteiger partial charge in [0.25, 0.3) is 0 Å². The minimum Gasteiger partial charge on any atom is -0.370 e. The highest BCUT2D eigenvalue weighted by molar-refractivity contribution is 7.91. The number of rotatable bonds is 4. The van der Waals surface area contributed by atoms with Gasteiger partial charge in [-0.1, -0.05) is 0 Å². The molecule has 0 aromatic heterocycles. The Kier molecular flexibility index (Phi) is 4.67. The van der Waals surface area contributed by atoms with Crippen molar-refractivity contribution < 1.29 is 18.0 Å². The normalized spacial score (nSPS) is 29.3. The molecule has 20 heavy (non-hydrogen) atoms. The van der Waals surface area contributed by atoms with E-state index in [2.05, 4.69) is 0 Å². The summed E-state index contributed by atoms with van der Waals surface area (Å²) in [6.07, 6.45) is 3.42. The molecule has 2 aliphatic rings. The number of amides is 2. The molecule has 2 amide bonds. The second-order valence-corrected chi connectivity index (χ2v) is 8.13. The lowest BCUT2D eigenvalue weighted by atomic mass is 9.92. The number of primary amides is 1. The average molecular weight is 302 g/mol. The lowest BCUT2D eigenvalue weighted by Gasteiger charge is -2.34. The van der Waals surface area contributed by atoms with Gasteiger partial charge in [-0.25, -0.2) is 8.42 Å². The maximum absolute atomic E-state index is 12.3. The van der Waals surface area contributed by atoms with Crippen molar-refractivity contribution in [3.63, 3.8) is 0 Å². The summed E-state index contributed by atoms with van der Waals surface area (Å²) in [4.78, 5) is 24.9. The molecule has 2 fully saturated rings. The number of sulfone groups is 1. The fourth-order valence-corrected chi connectivity index (χ4v) is 4.83. The van der Waals surface area contributed by atoms with E-state index in [0.29, 0.717) is 38.3 Å². The molecule has 2 rings (SSSR count). The number of nitrogens with zero attached hydrogens (tertiary/aromatic N) is 1. The molecule has 0 aliphatic carbocycles. The summed E-state index contributed by atoms with van der Waals surface area (Å²) in [6.45, 7) is 1.32. The van der Waals surface area contributed by atoms with Gasteiger partial charge in [0.1, 0.15) is 0 Å². The van der Waals surface area contributed by atoms with Crippen LogP contribution in [0.4, 0.5) is 0 Å². The van der Waals surface area contributed by atoms with Gasteiger partial charge in [0, 0.05) is 19.5 Å². The van der Waals surface area contributed by atoms with Crippen molar-refractivity contribution >= 4 is 21.7 Å². The maximum Gasteiger partial charge on any atom is 0.226 e. The fourth-order valence-electron chi connectivity index (χ4n) is 3.10. The van der Waals surface area contributed by atoms with E-state index in [1.54, 1.807) is 4.90 Å². The molecule has 0 aromatic carbocycles. The zero-order valence-corrected chi connectivity index (χ0v) is 12.4.